The van der Waals surface area contributed by atoms with Crippen molar-refractivity contribution in [1.29, 1.82) is 0 Å². The molecule has 0 aromatic carbocycles. The minimum atomic E-state index is -0.937. The number of carboxylic acids is 1. The lowest BCUT2D eigenvalue weighted by molar-refractivity contribution is -0.137. The summed E-state index contributed by atoms with van der Waals surface area (Å²) in [6.07, 6.45) is 0. The SMILES string of the molecule is Cc1ccc(N)c(NC(C)C(=O)O)n1. The number of anilines is 2. The van der Waals surface area contributed by atoms with Crippen molar-refractivity contribution < 1.29 is 9.90 Å². The van der Waals surface area contributed by atoms with Gasteiger partial charge in [-0.05, 0) is 26.0 Å². The number of nitrogens with two attached hydrogens (primary N) is 1. The molecule has 0 saturated heterocycles. The van der Waals surface area contributed by atoms with Crippen molar-refractivity contribution in [3.8, 4) is 0 Å². The first-order chi connectivity index (χ1) is 6.50. The van der Waals surface area contributed by atoms with Gasteiger partial charge in [0.2, 0.25) is 0 Å². The second-order valence-electron chi connectivity index (χ2n) is 3.09. The van der Waals surface area contributed by atoms with Crippen LogP contribution < -0.4 is 11.1 Å². The van der Waals surface area contributed by atoms with Gasteiger partial charge in [-0.25, -0.2) is 4.98 Å². The molecule has 0 radical (unpaired) electrons. The number of aliphatic carboxylic acids is 1. The van der Waals surface area contributed by atoms with Gasteiger partial charge in [0.25, 0.3) is 0 Å². The zero-order chi connectivity index (χ0) is 10.7. The summed E-state index contributed by atoms with van der Waals surface area (Å²) < 4.78 is 0. The number of carbonyl (C=O) groups is 1. The lowest BCUT2D eigenvalue weighted by Gasteiger charge is -2.12. The van der Waals surface area contributed by atoms with E-state index in [1.165, 1.54) is 6.92 Å². The van der Waals surface area contributed by atoms with E-state index in [0.717, 1.165) is 5.69 Å². The maximum Gasteiger partial charge on any atom is 0.325 e. The molecule has 1 aromatic heterocycles. The summed E-state index contributed by atoms with van der Waals surface area (Å²) in [5, 5.41) is 11.4. The summed E-state index contributed by atoms with van der Waals surface area (Å²) in [5.41, 5.74) is 6.86. The Morgan fingerprint density at radius 1 is 1.64 bits per heavy atom. The lowest BCUT2D eigenvalue weighted by atomic mass is 10.3. The summed E-state index contributed by atoms with van der Waals surface area (Å²) in [7, 11) is 0. The van der Waals surface area contributed by atoms with Gasteiger partial charge >= 0.3 is 5.97 Å². The second kappa shape index (κ2) is 3.95. The van der Waals surface area contributed by atoms with Crippen molar-refractivity contribution in [1.82, 2.24) is 4.98 Å². The molecular weight excluding hydrogens is 182 g/mol. The molecule has 0 aliphatic carbocycles. The van der Waals surface area contributed by atoms with Crippen LogP contribution >= 0.6 is 0 Å². The number of hydrogen-bond donors (Lipinski definition) is 3. The average molecular weight is 195 g/mol. The van der Waals surface area contributed by atoms with Gasteiger partial charge in [0, 0.05) is 5.69 Å². The molecule has 76 valence electrons. The molecule has 4 N–H and O–H groups in total. The van der Waals surface area contributed by atoms with Crippen LogP contribution in [0.4, 0.5) is 11.5 Å². The lowest BCUT2D eigenvalue weighted by Crippen LogP contribution is -2.26. The standard InChI is InChI=1S/C9H13N3O2/c1-5-3-4-7(10)8(11-5)12-6(2)9(13)14/h3-4,6H,10H2,1-2H3,(H,11,12)(H,13,14). The highest BCUT2D eigenvalue weighted by atomic mass is 16.4. The first-order valence-corrected chi connectivity index (χ1v) is 4.23. The summed E-state index contributed by atoms with van der Waals surface area (Å²) >= 11 is 0. The van der Waals surface area contributed by atoms with Gasteiger partial charge in [-0.2, -0.15) is 0 Å². The summed E-state index contributed by atoms with van der Waals surface area (Å²) in [5.74, 6) is -0.521. The summed E-state index contributed by atoms with van der Waals surface area (Å²) in [4.78, 5) is 14.7. The molecule has 0 aliphatic rings. The average Bonchev–Trinajstić information content (AvgIpc) is 2.11. The van der Waals surface area contributed by atoms with Gasteiger partial charge in [0.05, 0.1) is 5.69 Å². The van der Waals surface area contributed by atoms with Gasteiger partial charge in [-0.15, -0.1) is 0 Å². The monoisotopic (exact) mass is 195 g/mol. The first-order valence-electron chi connectivity index (χ1n) is 4.23. The van der Waals surface area contributed by atoms with E-state index in [1.807, 2.05) is 6.92 Å². The molecule has 0 amide bonds. The van der Waals surface area contributed by atoms with E-state index in [9.17, 15) is 4.79 Å². The molecule has 0 bridgehead atoms. The molecule has 1 rings (SSSR count). The number of hydrogen-bond acceptors (Lipinski definition) is 4. The summed E-state index contributed by atoms with van der Waals surface area (Å²) in [6, 6.07) is 2.76. The third-order valence-electron chi connectivity index (χ3n) is 1.79. The Bertz CT molecular complexity index is 352. The van der Waals surface area contributed by atoms with E-state index >= 15 is 0 Å². The normalized spacial score (nSPS) is 12.1. The Labute approximate surface area is 82.0 Å². The van der Waals surface area contributed by atoms with Crippen LogP contribution in [-0.2, 0) is 4.79 Å². The van der Waals surface area contributed by atoms with Crippen molar-refractivity contribution >= 4 is 17.5 Å². The Morgan fingerprint density at radius 3 is 2.86 bits per heavy atom. The fraction of sp³-hybridized carbons (Fsp3) is 0.333. The highest BCUT2D eigenvalue weighted by Gasteiger charge is 2.12. The van der Waals surface area contributed by atoms with Crippen molar-refractivity contribution in [2.24, 2.45) is 0 Å². The quantitative estimate of drug-likeness (QED) is 0.665. The highest BCUT2D eigenvalue weighted by molar-refractivity contribution is 5.78. The maximum absolute atomic E-state index is 10.6. The predicted molar refractivity (Wildman–Crippen MR) is 54.1 cm³/mol. The van der Waals surface area contributed by atoms with E-state index < -0.39 is 12.0 Å². The molecular formula is C9H13N3O2. The van der Waals surface area contributed by atoms with Crippen LogP contribution in [0.15, 0.2) is 12.1 Å². The fourth-order valence-corrected chi connectivity index (χ4v) is 0.950. The second-order valence-corrected chi connectivity index (χ2v) is 3.09. The Balaban J connectivity index is 2.85. The van der Waals surface area contributed by atoms with Gasteiger partial charge in [-0.1, -0.05) is 0 Å². The van der Waals surface area contributed by atoms with Crippen molar-refractivity contribution in [2.45, 2.75) is 19.9 Å². The minimum absolute atomic E-state index is 0.417. The van der Waals surface area contributed by atoms with Crippen LogP contribution in [0.25, 0.3) is 0 Å². The Hall–Kier alpha value is -1.78. The molecule has 1 atom stereocenters. The fourth-order valence-electron chi connectivity index (χ4n) is 0.950. The van der Waals surface area contributed by atoms with Crippen molar-refractivity contribution in [3.05, 3.63) is 17.8 Å². The number of aryl methyl sites for hydroxylation is 1. The van der Waals surface area contributed by atoms with E-state index in [0.29, 0.717) is 11.5 Å². The van der Waals surface area contributed by atoms with E-state index in [-0.39, 0.29) is 0 Å². The number of nitrogens with one attached hydrogen (secondary N) is 1. The van der Waals surface area contributed by atoms with Crippen LogP contribution in [-0.4, -0.2) is 22.1 Å². The van der Waals surface area contributed by atoms with E-state index in [2.05, 4.69) is 10.3 Å². The van der Waals surface area contributed by atoms with E-state index in [4.69, 9.17) is 10.8 Å². The highest BCUT2D eigenvalue weighted by Crippen LogP contribution is 2.16. The van der Waals surface area contributed by atoms with Crippen LogP contribution in [0.5, 0.6) is 0 Å². The first kappa shape index (κ1) is 10.3. The van der Waals surface area contributed by atoms with Crippen LogP contribution in [0.3, 0.4) is 0 Å². The zero-order valence-corrected chi connectivity index (χ0v) is 8.11. The molecule has 0 aliphatic heterocycles. The van der Waals surface area contributed by atoms with Crippen LogP contribution in [0, 0.1) is 6.92 Å². The molecule has 5 nitrogen and oxygen atoms in total. The van der Waals surface area contributed by atoms with Crippen LogP contribution in [0.1, 0.15) is 12.6 Å². The molecule has 0 spiro atoms. The van der Waals surface area contributed by atoms with Crippen molar-refractivity contribution in [2.75, 3.05) is 11.1 Å². The molecule has 0 saturated carbocycles. The third kappa shape index (κ3) is 2.35. The van der Waals surface area contributed by atoms with Crippen LogP contribution in [0.2, 0.25) is 0 Å². The van der Waals surface area contributed by atoms with Crippen molar-refractivity contribution in [3.63, 3.8) is 0 Å². The number of carboxylic acid groups (broad SMARTS) is 1. The Morgan fingerprint density at radius 2 is 2.29 bits per heavy atom. The number of nitrogen functional groups attached to an aromatic ring is 1. The molecule has 5 heteroatoms. The Kier molecular flexibility index (Phi) is 2.91. The molecule has 14 heavy (non-hydrogen) atoms. The smallest absolute Gasteiger partial charge is 0.325 e. The zero-order valence-electron chi connectivity index (χ0n) is 8.11. The maximum atomic E-state index is 10.6. The minimum Gasteiger partial charge on any atom is -0.480 e. The number of nitrogens with zero attached hydrogens (tertiary/aromatic N) is 1. The predicted octanol–water partition coefficient (Wildman–Crippen LogP) is 0.857. The van der Waals surface area contributed by atoms with Gasteiger partial charge < -0.3 is 16.2 Å². The number of pyridine rings is 1. The van der Waals surface area contributed by atoms with Gasteiger partial charge in [0.1, 0.15) is 11.9 Å². The molecule has 1 heterocycles. The van der Waals surface area contributed by atoms with Gasteiger partial charge in [0.15, 0.2) is 0 Å². The topological polar surface area (TPSA) is 88.2 Å². The number of aromatic nitrogens is 1. The molecule has 1 unspecified atom stereocenters. The molecule has 0 fully saturated rings. The number of rotatable bonds is 3. The third-order valence-corrected chi connectivity index (χ3v) is 1.79. The van der Waals surface area contributed by atoms with E-state index in [1.54, 1.807) is 12.1 Å². The summed E-state index contributed by atoms with van der Waals surface area (Å²) in [6.45, 7) is 3.35. The largest absolute Gasteiger partial charge is 0.480 e. The molecule has 1 aromatic rings. The van der Waals surface area contributed by atoms with Gasteiger partial charge in [-0.3, -0.25) is 4.79 Å².